The van der Waals surface area contributed by atoms with Crippen molar-refractivity contribution in [2.24, 2.45) is 5.41 Å². The van der Waals surface area contributed by atoms with Crippen molar-refractivity contribution in [3.63, 3.8) is 0 Å². The summed E-state index contributed by atoms with van der Waals surface area (Å²) < 4.78 is 0. The van der Waals surface area contributed by atoms with Gasteiger partial charge in [-0.05, 0) is 44.8 Å². The average Bonchev–Trinajstić information content (AvgIpc) is 3.10. The molecule has 1 atom stereocenters. The normalized spacial score (nSPS) is 18.0. The molecule has 5 heteroatoms. The average molecular weight is 272 g/mol. The van der Waals surface area contributed by atoms with Crippen LogP contribution in [0.15, 0.2) is 0 Å². The molecular weight excluding hydrogens is 248 g/mol. The number of carbonyl (C=O) groups excluding carboxylic acids is 2. The van der Waals surface area contributed by atoms with Crippen LogP contribution in [0.2, 0.25) is 0 Å². The minimum absolute atomic E-state index is 0.0101. The van der Waals surface area contributed by atoms with E-state index in [4.69, 9.17) is 0 Å². The van der Waals surface area contributed by atoms with Crippen LogP contribution < -0.4 is 5.32 Å². The van der Waals surface area contributed by atoms with E-state index in [1.807, 2.05) is 13.8 Å². The highest BCUT2D eigenvalue weighted by Gasteiger charge is 2.43. The third kappa shape index (κ3) is 3.90. The number of carbonyl (C=O) groups is 2. The monoisotopic (exact) mass is 272 g/mol. The molecule has 1 aliphatic rings. The summed E-state index contributed by atoms with van der Waals surface area (Å²) in [6.07, 6.45) is 2.64. The highest BCUT2D eigenvalue weighted by Crippen LogP contribution is 2.49. The van der Waals surface area contributed by atoms with Crippen LogP contribution >= 0.6 is 12.6 Å². The van der Waals surface area contributed by atoms with Gasteiger partial charge in [-0.15, -0.1) is 0 Å². The number of thiol groups is 1. The van der Waals surface area contributed by atoms with Crippen molar-refractivity contribution in [1.29, 1.82) is 0 Å². The van der Waals surface area contributed by atoms with Crippen molar-refractivity contribution in [1.82, 2.24) is 10.2 Å². The Morgan fingerprint density at radius 2 is 1.89 bits per heavy atom. The van der Waals surface area contributed by atoms with Gasteiger partial charge in [-0.25, -0.2) is 0 Å². The molecular formula is C13H24N2O2S. The summed E-state index contributed by atoms with van der Waals surface area (Å²) in [6, 6.07) is -0.437. The number of amides is 2. The van der Waals surface area contributed by atoms with Crippen molar-refractivity contribution >= 4 is 24.4 Å². The van der Waals surface area contributed by atoms with Crippen LogP contribution in [0, 0.1) is 5.41 Å². The number of nitrogens with one attached hydrogen (secondary N) is 1. The molecule has 1 fully saturated rings. The van der Waals surface area contributed by atoms with Gasteiger partial charge < -0.3 is 10.2 Å². The fraction of sp³-hybridized carbons (Fsp3) is 0.846. The van der Waals surface area contributed by atoms with Gasteiger partial charge in [0.05, 0.1) is 0 Å². The Morgan fingerprint density at radius 3 is 2.28 bits per heavy atom. The van der Waals surface area contributed by atoms with Gasteiger partial charge in [0.15, 0.2) is 0 Å². The summed E-state index contributed by atoms with van der Waals surface area (Å²) in [5.41, 5.74) is 0.102. The third-order valence-electron chi connectivity index (χ3n) is 3.65. The summed E-state index contributed by atoms with van der Waals surface area (Å²) in [6.45, 7) is 6.98. The fourth-order valence-electron chi connectivity index (χ4n) is 2.07. The lowest BCUT2D eigenvalue weighted by molar-refractivity contribution is -0.135. The highest BCUT2D eigenvalue weighted by molar-refractivity contribution is 7.80. The molecule has 1 saturated carbocycles. The van der Waals surface area contributed by atoms with E-state index in [0.29, 0.717) is 19.5 Å². The Labute approximate surface area is 115 Å². The van der Waals surface area contributed by atoms with Crippen molar-refractivity contribution < 1.29 is 9.59 Å². The van der Waals surface area contributed by atoms with E-state index in [-0.39, 0.29) is 17.2 Å². The zero-order chi connectivity index (χ0) is 13.8. The van der Waals surface area contributed by atoms with E-state index >= 15 is 0 Å². The van der Waals surface area contributed by atoms with Gasteiger partial charge in [-0.1, -0.05) is 0 Å². The summed E-state index contributed by atoms with van der Waals surface area (Å²) in [5, 5.41) is 2.80. The minimum Gasteiger partial charge on any atom is -0.345 e. The van der Waals surface area contributed by atoms with Crippen LogP contribution in [0.25, 0.3) is 0 Å². The van der Waals surface area contributed by atoms with Crippen molar-refractivity contribution in [3.05, 3.63) is 0 Å². The lowest BCUT2D eigenvalue weighted by Crippen LogP contribution is -2.47. The van der Waals surface area contributed by atoms with E-state index in [1.165, 1.54) is 0 Å². The van der Waals surface area contributed by atoms with Gasteiger partial charge in [0.2, 0.25) is 11.8 Å². The number of hydrogen-bond acceptors (Lipinski definition) is 3. The Balaban J connectivity index is 2.41. The highest BCUT2D eigenvalue weighted by atomic mass is 32.1. The molecule has 1 rings (SSSR count). The molecule has 0 aromatic rings. The zero-order valence-electron chi connectivity index (χ0n) is 11.5. The molecule has 1 aliphatic carbocycles. The lowest BCUT2D eigenvalue weighted by Gasteiger charge is -2.24. The first kappa shape index (κ1) is 15.3. The molecule has 2 amide bonds. The lowest BCUT2D eigenvalue weighted by atomic mass is 10.0. The molecule has 4 nitrogen and oxygen atoms in total. The molecule has 18 heavy (non-hydrogen) atoms. The second-order valence-corrected chi connectivity index (χ2v) is 5.45. The van der Waals surface area contributed by atoms with Crippen LogP contribution in [-0.4, -0.2) is 41.6 Å². The Bertz CT molecular complexity index is 312. The van der Waals surface area contributed by atoms with Crippen LogP contribution in [-0.2, 0) is 9.59 Å². The predicted octanol–water partition coefficient (Wildman–Crippen LogP) is 1.46. The first-order chi connectivity index (χ1) is 8.48. The molecule has 0 aromatic carbocycles. The van der Waals surface area contributed by atoms with Gasteiger partial charge >= 0.3 is 0 Å². The van der Waals surface area contributed by atoms with Gasteiger partial charge in [-0.3, -0.25) is 9.59 Å². The van der Waals surface area contributed by atoms with Crippen molar-refractivity contribution in [3.8, 4) is 0 Å². The standard InChI is InChI=1S/C13H24N2O2S/c1-4-15(5-2)12(17)10(3)14-11(16)8-13(9-18)6-7-13/h10,18H,4-9H2,1-3H3,(H,14,16). The third-order valence-corrected chi connectivity index (χ3v) is 4.32. The maximum atomic E-state index is 12.0. The molecule has 1 unspecified atom stereocenters. The second kappa shape index (κ2) is 6.45. The maximum Gasteiger partial charge on any atom is 0.244 e. The second-order valence-electron chi connectivity index (χ2n) is 5.13. The van der Waals surface area contributed by atoms with E-state index < -0.39 is 6.04 Å². The number of nitrogens with zero attached hydrogens (tertiary/aromatic N) is 1. The van der Waals surface area contributed by atoms with Gasteiger partial charge in [0, 0.05) is 19.5 Å². The summed E-state index contributed by atoms with van der Waals surface area (Å²) in [5.74, 6) is 0.706. The topological polar surface area (TPSA) is 49.4 Å². The van der Waals surface area contributed by atoms with Gasteiger partial charge in [-0.2, -0.15) is 12.6 Å². The van der Waals surface area contributed by atoms with Gasteiger partial charge in [0.1, 0.15) is 6.04 Å². The molecule has 104 valence electrons. The fourth-order valence-corrected chi connectivity index (χ4v) is 2.50. The maximum absolute atomic E-state index is 12.0. The quantitative estimate of drug-likeness (QED) is 0.689. The molecule has 0 bridgehead atoms. The summed E-state index contributed by atoms with van der Waals surface area (Å²) in [7, 11) is 0. The molecule has 0 saturated heterocycles. The Morgan fingerprint density at radius 1 is 1.33 bits per heavy atom. The first-order valence-corrected chi connectivity index (χ1v) is 7.30. The van der Waals surface area contributed by atoms with E-state index in [1.54, 1.807) is 11.8 Å². The summed E-state index contributed by atoms with van der Waals surface area (Å²) in [4.78, 5) is 25.6. The number of likely N-dealkylation sites (N-methyl/N-ethyl adjacent to an activating group) is 1. The number of rotatable bonds is 7. The van der Waals surface area contributed by atoms with Gasteiger partial charge in [0.25, 0.3) is 0 Å². The first-order valence-electron chi connectivity index (χ1n) is 6.67. The van der Waals surface area contributed by atoms with Crippen LogP contribution in [0.5, 0.6) is 0 Å². The molecule has 1 N–H and O–H groups in total. The Kier molecular flexibility index (Phi) is 5.50. The summed E-state index contributed by atoms with van der Waals surface area (Å²) >= 11 is 4.28. The van der Waals surface area contributed by atoms with Crippen LogP contribution in [0.1, 0.15) is 40.0 Å². The van der Waals surface area contributed by atoms with E-state index in [2.05, 4.69) is 17.9 Å². The molecule has 0 aromatic heterocycles. The molecule has 0 heterocycles. The van der Waals surface area contributed by atoms with E-state index in [9.17, 15) is 9.59 Å². The molecule has 0 radical (unpaired) electrons. The number of hydrogen-bond donors (Lipinski definition) is 2. The largest absolute Gasteiger partial charge is 0.345 e. The predicted molar refractivity (Wildman–Crippen MR) is 75.7 cm³/mol. The molecule has 0 aliphatic heterocycles. The zero-order valence-corrected chi connectivity index (χ0v) is 12.4. The molecule has 0 spiro atoms. The smallest absolute Gasteiger partial charge is 0.244 e. The minimum atomic E-state index is -0.437. The SMILES string of the molecule is CCN(CC)C(=O)C(C)NC(=O)CC1(CS)CC1. The van der Waals surface area contributed by atoms with E-state index in [0.717, 1.165) is 18.6 Å². The van der Waals surface area contributed by atoms with Crippen LogP contribution in [0.4, 0.5) is 0 Å². The Hall–Kier alpha value is -0.710. The van der Waals surface area contributed by atoms with Crippen molar-refractivity contribution in [2.75, 3.05) is 18.8 Å². The van der Waals surface area contributed by atoms with Crippen molar-refractivity contribution in [2.45, 2.75) is 46.1 Å². The van der Waals surface area contributed by atoms with Crippen LogP contribution in [0.3, 0.4) is 0 Å².